The van der Waals surface area contributed by atoms with Gasteiger partial charge in [0.1, 0.15) is 5.82 Å². The summed E-state index contributed by atoms with van der Waals surface area (Å²) in [5, 5.41) is 13.6. The van der Waals surface area contributed by atoms with Gasteiger partial charge in [-0.05, 0) is 25.0 Å². The highest BCUT2D eigenvalue weighted by atomic mass is 127. The number of guanidine groups is 1. The van der Waals surface area contributed by atoms with Crippen molar-refractivity contribution in [2.75, 3.05) is 26.7 Å². The maximum atomic E-state index is 5.58. The van der Waals surface area contributed by atoms with Gasteiger partial charge in [0.2, 0.25) is 5.82 Å². The van der Waals surface area contributed by atoms with Crippen molar-refractivity contribution in [1.29, 1.82) is 0 Å². The molecular weight excluding hydrogens is 423 g/mol. The molecule has 0 amide bonds. The molecule has 24 heavy (non-hydrogen) atoms. The van der Waals surface area contributed by atoms with Crippen molar-refractivity contribution in [3.63, 3.8) is 0 Å². The number of hydrogen-bond acceptors (Lipinski definition) is 5. The number of aliphatic imine (C=N–C) groups is 1. The van der Waals surface area contributed by atoms with Gasteiger partial charge in [0.15, 0.2) is 11.7 Å². The average molecular weight is 446 g/mol. The highest BCUT2D eigenvalue weighted by Crippen LogP contribution is 2.14. The third kappa shape index (κ3) is 5.20. The lowest BCUT2D eigenvalue weighted by Crippen LogP contribution is -2.41. The number of ether oxygens (including phenoxy) is 1. The van der Waals surface area contributed by atoms with Crippen molar-refractivity contribution in [3.05, 3.63) is 24.2 Å². The van der Waals surface area contributed by atoms with E-state index in [2.05, 4.69) is 30.8 Å². The van der Waals surface area contributed by atoms with Crippen LogP contribution in [0.3, 0.4) is 0 Å². The van der Waals surface area contributed by atoms with Crippen LogP contribution in [0.5, 0.6) is 0 Å². The van der Waals surface area contributed by atoms with Crippen molar-refractivity contribution < 1.29 is 9.15 Å². The van der Waals surface area contributed by atoms with Gasteiger partial charge < -0.3 is 19.8 Å². The molecule has 8 nitrogen and oxygen atoms in total. The van der Waals surface area contributed by atoms with Crippen molar-refractivity contribution in [3.8, 4) is 11.6 Å². The molecule has 3 heterocycles. The maximum absolute atomic E-state index is 5.58. The Balaban J connectivity index is 0.00000208. The monoisotopic (exact) mass is 446 g/mol. The Bertz CT molecular complexity index is 622. The van der Waals surface area contributed by atoms with Crippen LogP contribution in [-0.4, -0.2) is 54.0 Å². The van der Waals surface area contributed by atoms with E-state index in [1.165, 1.54) is 0 Å². The Hall–Kier alpha value is -1.62. The first-order valence-electron chi connectivity index (χ1n) is 7.86. The zero-order chi connectivity index (χ0) is 15.9. The second kappa shape index (κ2) is 9.62. The Morgan fingerprint density at radius 1 is 1.46 bits per heavy atom. The van der Waals surface area contributed by atoms with E-state index in [1.807, 2.05) is 12.1 Å². The van der Waals surface area contributed by atoms with Gasteiger partial charge in [-0.1, -0.05) is 0 Å². The minimum absolute atomic E-state index is 0. The van der Waals surface area contributed by atoms with Crippen molar-refractivity contribution in [2.45, 2.75) is 25.4 Å². The van der Waals surface area contributed by atoms with Crippen molar-refractivity contribution >= 4 is 29.9 Å². The van der Waals surface area contributed by atoms with Gasteiger partial charge in [0.25, 0.3) is 0 Å². The second-order valence-corrected chi connectivity index (χ2v) is 5.35. The van der Waals surface area contributed by atoms with E-state index in [9.17, 15) is 0 Å². The van der Waals surface area contributed by atoms with Crippen molar-refractivity contribution in [1.82, 2.24) is 25.8 Å². The van der Waals surface area contributed by atoms with Gasteiger partial charge in [0.05, 0.1) is 12.4 Å². The number of halogens is 1. The molecular formula is C15H23IN6O2. The number of nitrogens with zero attached hydrogens (tertiary/aromatic N) is 3. The molecule has 0 spiro atoms. The molecule has 3 N–H and O–H groups in total. The van der Waals surface area contributed by atoms with E-state index in [4.69, 9.17) is 9.15 Å². The largest absolute Gasteiger partial charge is 0.461 e. The summed E-state index contributed by atoms with van der Waals surface area (Å²) in [6, 6.07) is 3.65. The SMILES string of the molecule is CN=C(NCCc1nc(-c2ccco2)n[nH]1)NCC1CCCO1.I. The number of aromatic nitrogens is 3. The summed E-state index contributed by atoms with van der Waals surface area (Å²) in [5.74, 6) is 2.81. The van der Waals surface area contributed by atoms with Crippen LogP contribution in [0.25, 0.3) is 11.6 Å². The zero-order valence-electron chi connectivity index (χ0n) is 13.6. The lowest BCUT2D eigenvalue weighted by atomic mass is 10.2. The lowest BCUT2D eigenvalue weighted by molar-refractivity contribution is 0.114. The molecule has 0 aromatic carbocycles. The van der Waals surface area contributed by atoms with Gasteiger partial charge in [-0.25, -0.2) is 4.98 Å². The number of furan rings is 1. The molecule has 1 aliphatic heterocycles. The Labute approximate surface area is 157 Å². The summed E-state index contributed by atoms with van der Waals surface area (Å²) >= 11 is 0. The van der Waals surface area contributed by atoms with Gasteiger partial charge in [-0.2, -0.15) is 5.10 Å². The van der Waals surface area contributed by atoms with Crippen LogP contribution >= 0.6 is 24.0 Å². The minimum atomic E-state index is 0. The van der Waals surface area contributed by atoms with Gasteiger partial charge >= 0.3 is 0 Å². The number of rotatable bonds is 6. The van der Waals surface area contributed by atoms with Crippen LogP contribution < -0.4 is 10.6 Å². The smallest absolute Gasteiger partial charge is 0.216 e. The lowest BCUT2D eigenvalue weighted by Gasteiger charge is -2.14. The predicted molar refractivity (Wildman–Crippen MR) is 102 cm³/mol. The molecule has 3 rings (SSSR count). The van der Waals surface area contributed by atoms with E-state index in [0.717, 1.165) is 37.8 Å². The molecule has 1 unspecified atom stereocenters. The topological polar surface area (TPSA) is 100 Å². The molecule has 1 fully saturated rings. The van der Waals surface area contributed by atoms with E-state index in [-0.39, 0.29) is 24.0 Å². The molecule has 1 saturated heterocycles. The van der Waals surface area contributed by atoms with Crippen LogP contribution in [0.15, 0.2) is 27.8 Å². The number of H-pyrrole nitrogens is 1. The van der Waals surface area contributed by atoms with Crippen LogP contribution in [0.4, 0.5) is 0 Å². The third-order valence-electron chi connectivity index (χ3n) is 3.67. The van der Waals surface area contributed by atoms with E-state index in [0.29, 0.717) is 30.7 Å². The Kier molecular flexibility index (Phi) is 7.50. The molecule has 0 aliphatic carbocycles. The molecule has 132 valence electrons. The van der Waals surface area contributed by atoms with Crippen LogP contribution in [-0.2, 0) is 11.2 Å². The summed E-state index contributed by atoms with van der Waals surface area (Å²) in [6.07, 6.45) is 4.86. The summed E-state index contributed by atoms with van der Waals surface area (Å²) < 4.78 is 10.9. The van der Waals surface area contributed by atoms with Crippen LogP contribution in [0.1, 0.15) is 18.7 Å². The molecule has 1 aliphatic rings. The van der Waals surface area contributed by atoms with Crippen LogP contribution in [0, 0.1) is 0 Å². The minimum Gasteiger partial charge on any atom is -0.461 e. The fourth-order valence-corrected chi connectivity index (χ4v) is 2.46. The second-order valence-electron chi connectivity index (χ2n) is 5.35. The summed E-state index contributed by atoms with van der Waals surface area (Å²) in [6.45, 7) is 2.35. The molecule has 2 aromatic heterocycles. The van der Waals surface area contributed by atoms with Crippen LogP contribution in [0.2, 0.25) is 0 Å². The first kappa shape index (κ1) is 18.7. The summed E-state index contributed by atoms with van der Waals surface area (Å²) in [4.78, 5) is 8.61. The zero-order valence-corrected chi connectivity index (χ0v) is 15.9. The van der Waals surface area contributed by atoms with Gasteiger partial charge in [-0.15, -0.1) is 24.0 Å². The maximum Gasteiger partial charge on any atom is 0.216 e. The standard InChI is InChI=1S/C15H22N6O2.HI/c1-16-15(18-10-11-4-2-8-22-11)17-7-6-13-19-14(21-20-13)12-5-3-9-23-12;/h3,5,9,11H,2,4,6-8,10H2,1H3,(H2,16,17,18)(H,19,20,21);1H. The fraction of sp³-hybridized carbons (Fsp3) is 0.533. The van der Waals surface area contributed by atoms with Crippen molar-refractivity contribution in [2.24, 2.45) is 4.99 Å². The Morgan fingerprint density at radius 2 is 2.38 bits per heavy atom. The average Bonchev–Trinajstić information content (AvgIpc) is 3.32. The van der Waals surface area contributed by atoms with E-state index < -0.39 is 0 Å². The normalized spacial score (nSPS) is 17.5. The highest BCUT2D eigenvalue weighted by molar-refractivity contribution is 14.0. The fourth-order valence-electron chi connectivity index (χ4n) is 2.46. The van der Waals surface area contributed by atoms with E-state index in [1.54, 1.807) is 13.3 Å². The van der Waals surface area contributed by atoms with Gasteiger partial charge in [-0.3, -0.25) is 10.1 Å². The quantitative estimate of drug-likeness (QED) is 0.354. The first-order chi connectivity index (χ1) is 11.3. The summed E-state index contributed by atoms with van der Waals surface area (Å²) in [7, 11) is 1.76. The van der Waals surface area contributed by atoms with Gasteiger partial charge in [0, 0.05) is 33.2 Å². The molecule has 0 bridgehead atoms. The number of nitrogens with one attached hydrogen (secondary N) is 3. The predicted octanol–water partition coefficient (Wildman–Crippen LogP) is 1.57. The molecule has 9 heteroatoms. The Morgan fingerprint density at radius 3 is 3.08 bits per heavy atom. The first-order valence-corrected chi connectivity index (χ1v) is 7.86. The third-order valence-corrected chi connectivity index (χ3v) is 3.67. The molecule has 2 aromatic rings. The molecule has 0 saturated carbocycles. The molecule has 1 atom stereocenters. The van der Waals surface area contributed by atoms with E-state index >= 15 is 0 Å². The summed E-state index contributed by atoms with van der Waals surface area (Å²) in [5.41, 5.74) is 0. The molecule has 0 radical (unpaired) electrons. The number of hydrogen-bond donors (Lipinski definition) is 3. The number of aromatic amines is 1. The highest BCUT2D eigenvalue weighted by Gasteiger charge is 2.15.